The highest BCUT2D eigenvalue weighted by Crippen LogP contribution is 2.26. The molecular weight excluding hydrogens is 369 g/mol. The van der Waals surface area contributed by atoms with E-state index >= 15 is 0 Å². The molecule has 0 aliphatic carbocycles. The van der Waals surface area contributed by atoms with Crippen LogP contribution in [0.15, 0.2) is 42.5 Å². The average molecular weight is 395 g/mol. The third-order valence-corrected chi connectivity index (χ3v) is 5.08. The monoisotopic (exact) mass is 395 g/mol. The standard InChI is InChI=1S/C23H26FN3O2/c1-14-6-11-22(29-5)21(12-14)15(2)25-23(28)13-20-16(3)26-27(17(20)4)19-9-7-18(24)8-10-19/h6-12,15H,13H2,1-5H3,(H,25,28). The van der Waals surface area contributed by atoms with Crippen molar-refractivity contribution in [3.63, 3.8) is 0 Å². The highest BCUT2D eigenvalue weighted by molar-refractivity contribution is 5.79. The van der Waals surface area contributed by atoms with Crippen molar-refractivity contribution < 1.29 is 13.9 Å². The molecule has 1 aromatic heterocycles. The molecule has 0 saturated heterocycles. The molecule has 0 radical (unpaired) electrons. The summed E-state index contributed by atoms with van der Waals surface area (Å²) in [6.07, 6.45) is 0.220. The van der Waals surface area contributed by atoms with Gasteiger partial charge < -0.3 is 10.1 Å². The van der Waals surface area contributed by atoms with Crippen molar-refractivity contribution in [1.29, 1.82) is 0 Å². The molecule has 1 amide bonds. The fourth-order valence-corrected chi connectivity index (χ4v) is 3.49. The number of hydrogen-bond donors (Lipinski definition) is 1. The van der Waals surface area contributed by atoms with Crippen molar-refractivity contribution in [1.82, 2.24) is 15.1 Å². The third kappa shape index (κ3) is 4.47. The van der Waals surface area contributed by atoms with E-state index in [2.05, 4.69) is 10.4 Å². The van der Waals surface area contributed by atoms with E-state index in [0.29, 0.717) is 0 Å². The molecule has 3 aromatic rings. The number of aryl methyl sites for hydroxylation is 2. The Morgan fingerprint density at radius 3 is 2.52 bits per heavy atom. The van der Waals surface area contributed by atoms with E-state index in [-0.39, 0.29) is 24.2 Å². The SMILES string of the molecule is COc1ccc(C)cc1C(C)NC(=O)Cc1c(C)nn(-c2ccc(F)cc2)c1C. The second-order valence-corrected chi connectivity index (χ2v) is 7.25. The van der Waals surface area contributed by atoms with Crippen LogP contribution >= 0.6 is 0 Å². The fraction of sp³-hybridized carbons (Fsp3) is 0.304. The Kier molecular flexibility index (Phi) is 6.01. The topological polar surface area (TPSA) is 56.1 Å². The minimum absolute atomic E-state index is 0.0917. The molecule has 1 heterocycles. The van der Waals surface area contributed by atoms with Crippen LogP contribution in [-0.2, 0) is 11.2 Å². The second-order valence-electron chi connectivity index (χ2n) is 7.25. The molecule has 3 rings (SSSR count). The van der Waals surface area contributed by atoms with Crippen LogP contribution in [-0.4, -0.2) is 22.8 Å². The van der Waals surface area contributed by atoms with Gasteiger partial charge in [0, 0.05) is 16.8 Å². The van der Waals surface area contributed by atoms with Gasteiger partial charge in [-0.2, -0.15) is 5.10 Å². The average Bonchev–Trinajstić information content (AvgIpc) is 2.96. The summed E-state index contributed by atoms with van der Waals surface area (Å²) >= 11 is 0. The van der Waals surface area contributed by atoms with Gasteiger partial charge in [0.2, 0.25) is 5.91 Å². The molecule has 29 heavy (non-hydrogen) atoms. The lowest BCUT2D eigenvalue weighted by Crippen LogP contribution is -2.28. The molecule has 2 aromatic carbocycles. The predicted octanol–water partition coefficient (Wildman–Crippen LogP) is 4.37. The van der Waals surface area contributed by atoms with E-state index in [0.717, 1.165) is 39.5 Å². The largest absolute Gasteiger partial charge is 0.496 e. The Labute approximate surface area is 170 Å². The van der Waals surface area contributed by atoms with Gasteiger partial charge in [0.1, 0.15) is 11.6 Å². The van der Waals surface area contributed by atoms with Gasteiger partial charge in [0.25, 0.3) is 0 Å². The second kappa shape index (κ2) is 8.47. The van der Waals surface area contributed by atoms with Crippen LogP contribution in [0, 0.1) is 26.6 Å². The third-order valence-electron chi connectivity index (χ3n) is 5.08. The van der Waals surface area contributed by atoms with Gasteiger partial charge in [-0.3, -0.25) is 4.79 Å². The van der Waals surface area contributed by atoms with E-state index in [1.54, 1.807) is 23.9 Å². The number of nitrogens with one attached hydrogen (secondary N) is 1. The summed E-state index contributed by atoms with van der Waals surface area (Å²) in [7, 11) is 1.62. The number of rotatable bonds is 6. The van der Waals surface area contributed by atoms with Crippen molar-refractivity contribution in [3.05, 3.63) is 76.4 Å². The Balaban J connectivity index is 1.78. The maximum Gasteiger partial charge on any atom is 0.225 e. The number of nitrogens with zero attached hydrogens (tertiary/aromatic N) is 2. The Hall–Kier alpha value is -3.15. The van der Waals surface area contributed by atoms with Crippen molar-refractivity contribution in [2.45, 2.75) is 40.2 Å². The molecule has 0 bridgehead atoms. The van der Waals surface area contributed by atoms with Gasteiger partial charge in [-0.25, -0.2) is 9.07 Å². The number of methoxy groups -OCH3 is 1. The van der Waals surface area contributed by atoms with Crippen molar-refractivity contribution in [3.8, 4) is 11.4 Å². The van der Waals surface area contributed by atoms with Crippen LogP contribution in [0.5, 0.6) is 5.75 Å². The first-order chi connectivity index (χ1) is 13.8. The van der Waals surface area contributed by atoms with Gasteiger partial charge >= 0.3 is 0 Å². The number of halogens is 1. The number of hydrogen-bond acceptors (Lipinski definition) is 3. The summed E-state index contributed by atoms with van der Waals surface area (Å²) in [6, 6.07) is 11.9. The molecule has 0 aliphatic rings. The van der Waals surface area contributed by atoms with Crippen LogP contribution in [0.25, 0.3) is 5.69 Å². The lowest BCUT2D eigenvalue weighted by Gasteiger charge is -2.18. The molecule has 0 fully saturated rings. The zero-order chi connectivity index (χ0) is 21.1. The minimum Gasteiger partial charge on any atom is -0.496 e. The van der Waals surface area contributed by atoms with E-state index in [9.17, 15) is 9.18 Å². The Morgan fingerprint density at radius 2 is 1.86 bits per heavy atom. The van der Waals surface area contributed by atoms with Crippen LogP contribution in [0.4, 0.5) is 4.39 Å². The zero-order valence-corrected chi connectivity index (χ0v) is 17.4. The van der Waals surface area contributed by atoms with Crippen LogP contribution in [0.1, 0.15) is 41.0 Å². The summed E-state index contributed by atoms with van der Waals surface area (Å²) in [5.41, 5.74) is 5.32. The smallest absolute Gasteiger partial charge is 0.225 e. The van der Waals surface area contributed by atoms with Crippen molar-refractivity contribution >= 4 is 5.91 Å². The van der Waals surface area contributed by atoms with Gasteiger partial charge in [0.15, 0.2) is 0 Å². The molecule has 5 nitrogen and oxygen atoms in total. The van der Waals surface area contributed by atoms with Gasteiger partial charge in [-0.15, -0.1) is 0 Å². The van der Waals surface area contributed by atoms with Crippen molar-refractivity contribution in [2.75, 3.05) is 7.11 Å². The van der Waals surface area contributed by atoms with Crippen LogP contribution in [0.2, 0.25) is 0 Å². The highest BCUT2D eigenvalue weighted by atomic mass is 19.1. The summed E-state index contributed by atoms with van der Waals surface area (Å²) < 4.78 is 20.4. The van der Waals surface area contributed by atoms with Crippen molar-refractivity contribution in [2.24, 2.45) is 0 Å². The van der Waals surface area contributed by atoms with E-state index in [1.165, 1.54) is 12.1 Å². The zero-order valence-electron chi connectivity index (χ0n) is 17.4. The molecule has 0 aliphatic heterocycles. The molecule has 0 spiro atoms. The van der Waals surface area contributed by atoms with Gasteiger partial charge in [-0.1, -0.05) is 17.7 Å². The summed E-state index contributed by atoms with van der Waals surface area (Å²) in [6.45, 7) is 7.74. The number of amides is 1. The summed E-state index contributed by atoms with van der Waals surface area (Å²) in [5, 5.41) is 7.59. The van der Waals surface area contributed by atoms with E-state index in [1.807, 2.05) is 45.9 Å². The maximum atomic E-state index is 13.2. The normalized spacial score (nSPS) is 11.9. The number of carbonyl (C=O) groups is 1. The van der Waals surface area contributed by atoms with Gasteiger partial charge in [0.05, 0.1) is 31.0 Å². The number of benzene rings is 2. The Morgan fingerprint density at radius 1 is 1.17 bits per heavy atom. The maximum absolute atomic E-state index is 13.2. The van der Waals surface area contributed by atoms with E-state index in [4.69, 9.17) is 4.74 Å². The quantitative estimate of drug-likeness (QED) is 0.674. The van der Waals surface area contributed by atoms with Crippen LogP contribution in [0.3, 0.4) is 0 Å². The van der Waals surface area contributed by atoms with E-state index < -0.39 is 0 Å². The number of carbonyl (C=O) groups excluding carboxylic acids is 1. The molecule has 6 heteroatoms. The lowest BCUT2D eigenvalue weighted by atomic mass is 10.0. The first kappa shape index (κ1) is 20.6. The fourth-order valence-electron chi connectivity index (χ4n) is 3.49. The van der Waals surface area contributed by atoms with Gasteiger partial charge in [-0.05, 0) is 58.0 Å². The molecular formula is C23H26FN3O2. The minimum atomic E-state index is -0.296. The Bertz CT molecular complexity index is 1030. The predicted molar refractivity (Wildman–Crippen MR) is 111 cm³/mol. The van der Waals surface area contributed by atoms with Crippen LogP contribution < -0.4 is 10.1 Å². The summed E-state index contributed by atoms with van der Waals surface area (Å²) in [5.74, 6) is 0.362. The number of ether oxygens (including phenoxy) is 1. The molecule has 0 saturated carbocycles. The summed E-state index contributed by atoms with van der Waals surface area (Å²) in [4.78, 5) is 12.7. The lowest BCUT2D eigenvalue weighted by molar-refractivity contribution is -0.121. The molecule has 1 unspecified atom stereocenters. The first-order valence-electron chi connectivity index (χ1n) is 9.55. The molecule has 1 atom stereocenters. The molecule has 152 valence electrons. The highest BCUT2D eigenvalue weighted by Gasteiger charge is 2.19. The first-order valence-corrected chi connectivity index (χ1v) is 9.55. The number of aromatic nitrogens is 2. The molecule has 1 N–H and O–H groups in total.